The van der Waals surface area contributed by atoms with Crippen LogP contribution in [0.15, 0.2) is 54.6 Å². The summed E-state index contributed by atoms with van der Waals surface area (Å²) in [7, 11) is 0. The molecule has 0 aliphatic carbocycles. The van der Waals surface area contributed by atoms with Crippen LogP contribution in [-0.4, -0.2) is 30.5 Å². The number of halogens is 1. The van der Waals surface area contributed by atoms with Gasteiger partial charge in [0.25, 0.3) is 0 Å². The first-order chi connectivity index (χ1) is 12.9. The maximum Gasteiger partial charge on any atom is 0.407 e. The molecule has 0 aliphatic rings. The van der Waals surface area contributed by atoms with Gasteiger partial charge in [-0.1, -0.05) is 42.5 Å². The van der Waals surface area contributed by atoms with Crippen molar-refractivity contribution in [3.05, 3.63) is 69.3 Å². The molecule has 0 fully saturated rings. The second-order valence-electron chi connectivity index (χ2n) is 5.77. The van der Waals surface area contributed by atoms with E-state index in [2.05, 4.69) is 33.2 Å². The number of benzene rings is 2. The van der Waals surface area contributed by atoms with E-state index >= 15 is 0 Å². The van der Waals surface area contributed by atoms with Crippen LogP contribution in [0, 0.1) is 3.57 Å². The third kappa shape index (κ3) is 7.65. The number of carbonyl (C=O) groups excluding carboxylic acids is 3. The van der Waals surface area contributed by atoms with Crippen LogP contribution >= 0.6 is 22.6 Å². The summed E-state index contributed by atoms with van der Waals surface area (Å²) in [6.45, 7) is -0.213. The molecule has 0 unspecified atom stereocenters. The Morgan fingerprint density at radius 1 is 1.00 bits per heavy atom. The van der Waals surface area contributed by atoms with Crippen molar-refractivity contribution in [1.82, 2.24) is 10.6 Å². The Bertz CT molecular complexity index is 781. The lowest BCUT2D eigenvalue weighted by atomic mass is 10.1. The van der Waals surface area contributed by atoms with Gasteiger partial charge < -0.3 is 21.1 Å². The molecule has 4 N–H and O–H groups in total. The number of nitrogens with one attached hydrogen (secondary N) is 2. The van der Waals surface area contributed by atoms with Crippen molar-refractivity contribution in [3.63, 3.8) is 0 Å². The molecule has 0 heterocycles. The number of nitrogens with two attached hydrogens (primary N) is 1. The van der Waals surface area contributed by atoms with E-state index < -0.39 is 23.9 Å². The Hall–Kier alpha value is -2.62. The van der Waals surface area contributed by atoms with E-state index in [0.717, 1.165) is 14.7 Å². The minimum atomic E-state index is -0.861. The molecule has 0 aliphatic heterocycles. The number of ether oxygens (including phenoxy) is 1. The fourth-order valence-corrected chi connectivity index (χ4v) is 2.61. The van der Waals surface area contributed by atoms with Gasteiger partial charge in [0.15, 0.2) is 0 Å². The first-order valence-corrected chi connectivity index (χ1v) is 9.29. The van der Waals surface area contributed by atoms with E-state index in [-0.39, 0.29) is 19.6 Å². The molecule has 7 nitrogen and oxygen atoms in total. The Kier molecular flexibility index (Phi) is 8.05. The van der Waals surface area contributed by atoms with Crippen LogP contribution in [0.2, 0.25) is 0 Å². The lowest BCUT2D eigenvalue weighted by Crippen LogP contribution is -2.49. The molecule has 0 spiro atoms. The van der Waals surface area contributed by atoms with Crippen molar-refractivity contribution in [2.75, 3.05) is 6.54 Å². The van der Waals surface area contributed by atoms with Gasteiger partial charge >= 0.3 is 6.09 Å². The standard InChI is InChI=1S/C19H20IN3O4/c20-15-8-6-13(7-9-15)10-16(18(21)25)23-17(24)11-22-19(26)27-12-14-4-2-1-3-5-14/h1-9,16H,10-12H2,(H2,21,25)(H,22,26)(H,23,24)/t16-/m1/s1. The maximum atomic E-state index is 12.0. The minimum Gasteiger partial charge on any atom is -0.445 e. The molecule has 2 aromatic carbocycles. The highest BCUT2D eigenvalue weighted by molar-refractivity contribution is 14.1. The van der Waals surface area contributed by atoms with Gasteiger partial charge in [-0.2, -0.15) is 0 Å². The quantitative estimate of drug-likeness (QED) is 0.499. The van der Waals surface area contributed by atoms with E-state index in [0.29, 0.717) is 0 Å². The molecule has 3 amide bonds. The predicted molar refractivity (Wildman–Crippen MR) is 109 cm³/mol. The van der Waals surface area contributed by atoms with Gasteiger partial charge in [0.05, 0.1) is 0 Å². The number of alkyl carbamates (subject to hydrolysis) is 1. The Labute approximate surface area is 170 Å². The largest absolute Gasteiger partial charge is 0.445 e. The molecular weight excluding hydrogens is 461 g/mol. The first-order valence-electron chi connectivity index (χ1n) is 8.21. The molecule has 2 rings (SSSR count). The molecule has 0 saturated carbocycles. The lowest BCUT2D eigenvalue weighted by molar-refractivity contribution is -0.126. The zero-order chi connectivity index (χ0) is 19.6. The zero-order valence-electron chi connectivity index (χ0n) is 14.5. The van der Waals surface area contributed by atoms with Crippen LogP contribution in [0.1, 0.15) is 11.1 Å². The second kappa shape index (κ2) is 10.5. The van der Waals surface area contributed by atoms with Gasteiger partial charge in [0.1, 0.15) is 19.2 Å². The number of primary amides is 1. The van der Waals surface area contributed by atoms with Gasteiger partial charge in [-0.05, 0) is 45.9 Å². The van der Waals surface area contributed by atoms with Crippen molar-refractivity contribution in [2.45, 2.75) is 19.1 Å². The number of hydrogen-bond donors (Lipinski definition) is 3. The average Bonchev–Trinajstić information content (AvgIpc) is 2.66. The molecule has 142 valence electrons. The monoisotopic (exact) mass is 481 g/mol. The first kappa shape index (κ1) is 20.7. The third-order valence-corrected chi connectivity index (χ3v) is 4.36. The summed E-state index contributed by atoms with van der Waals surface area (Å²) in [5.41, 5.74) is 7.07. The molecule has 0 aromatic heterocycles. The fourth-order valence-electron chi connectivity index (χ4n) is 2.25. The Morgan fingerprint density at radius 2 is 1.67 bits per heavy atom. The lowest BCUT2D eigenvalue weighted by Gasteiger charge is -2.16. The van der Waals surface area contributed by atoms with Gasteiger partial charge in [-0.3, -0.25) is 9.59 Å². The SMILES string of the molecule is NC(=O)[C@@H](Cc1ccc(I)cc1)NC(=O)CNC(=O)OCc1ccccc1. The van der Waals surface area contributed by atoms with Crippen LogP contribution in [-0.2, 0) is 27.4 Å². The highest BCUT2D eigenvalue weighted by atomic mass is 127. The van der Waals surface area contributed by atoms with E-state index in [1.807, 2.05) is 54.6 Å². The van der Waals surface area contributed by atoms with Crippen LogP contribution in [0.25, 0.3) is 0 Å². The summed E-state index contributed by atoms with van der Waals surface area (Å²) in [6, 6.07) is 15.8. The number of rotatable bonds is 8. The molecule has 0 saturated heterocycles. The van der Waals surface area contributed by atoms with E-state index in [1.165, 1.54) is 0 Å². The molecule has 0 bridgehead atoms. The molecule has 2 aromatic rings. The second-order valence-corrected chi connectivity index (χ2v) is 7.01. The van der Waals surface area contributed by atoms with Crippen LogP contribution in [0.5, 0.6) is 0 Å². The van der Waals surface area contributed by atoms with Crippen LogP contribution < -0.4 is 16.4 Å². The number of carbonyl (C=O) groups is 3. The topological polar surface area (TPSA) is 111 Å². The Balaban J connectivity index is 1.77. The smallest absolute Gasteiger partial charge is 0.407 e. The molecule has 0 radical (unpaired) electrons. The van der Waals surface area contributed by atoms with Gasteiger partial charge in [0, 0.05) is 9.99 Å². The number of hydrogen-bond acceptors (Lipinski definition) is 4. The van der Waals surface area contributed by atoms with Gasteiger partial charge in [0.2, 0.25) is 11.8 Å². The van der Waals surface area contributed by atoms with Gasteiger partial charge in [-0.25, -0.2) is 4.79 Å². The normalized spacial score (nSPS) is 11.3. The molecular formula is C19H20IN3O4. The summed E-state index contributed by atoms with van der Waals surface area (Å²) in [6.07, 6.45) is -0.446. The molecule has 1 atom stereocenters. The summed E-state index contributed by atoms with van der Waals surface area (Å²) in [4.78, 5) is 35.2. The minimum absolute atomic E-state index is 0.102. The van der Waals surface area contributed by atoms with Crippen molar-refractivity contribution < 1.29 is 19.1 Å². The van der Waals surface area contributed by atoms with Crippen LogP contribution in [0.4, 0.5) is 4.79 Å². The average molecular weight is 481 g/mol. The zero-order valence-corrected chi connectivity index (χ0v) is 16.6. The van der Waals surface area contributed by atoms with Crippen LogP contribution in [0.3, 0.4) is 0 Å². The number of amides is 3. The van der Waals surface area contributed by atoms with Crippen molar-refractivity contribution in [3.8, 4) is 0 Å². The van der Waals surface area contributed by atoms with E-state index in [9.17, 15) is 14.4 Å². The van der Waals surface area contributed by atoms with Crippen molar-refractivity contribution in [1.29, 1.82) is 0 Å². The summed E-state index contributed by atoms with van der Waals surface area (Å²) < 4.78 is 6.08. The molecule has 8 heteroatoms. The van der Waals surface area contributed by atoms with Crippen molar-refractivity contribution in [2.24, 2.45) is 5.73 Å². The molecule has 27 heavy (non-hydrogen) atoms. The highest BCUT2D eigenvalue weighted by Crippen LogP contribution is 2.09. The summed E-state index contributed by atoms with van der Waals surface area (Å²) in [5, 5.41) is 4.87. The predicted octanol–water partition coefficient (Wildman–Crippen LogP) is 1.73. The Morgan fingerprint density at radius 3 is 2.30 bits per heavy atom. The highest BCUT2D eigenvalue weighted by Gasteiger charge is 2.19. The maximum absolute atomic E-state index is 12.0. The van der Waals surface area contributed by atoms with E-state index in [1.54, 1.807) is 0 Å². The third-order valence-electron chi connectivity index (χ3n) is 3.64. The van der Waals surface area contributed by atoms with Gasteiger partial charge in [-0.15, -0.1) is 0 Å². The van der Waals surface area contributed by atoms with E-state index in [4.69, 9.17) is 10.5 Å². The fraction of sp³-hybridized carbons (Fsp3) is 0.211. The van der Waals surface area contributed by atoms with Crippen molar-refractivity contribution >= 4 is 40.5 Å². The summed E-state index contributed by atoms with van der Waals surface area (Å²) in [5.74, 6) is -1.17. The summed E-state index contributed by atoms with van der Waals surface area (Å²) >= 11 is 2.18.